The van der Waals surface area contributed by atoms with Crippen molar-refractivity contribution in [1.29, 1.82) is 0 Å². The third-order valence-electron chi connectivity index (χ3n) is 18.7. The lowest BCUT2D eigenvalue weighted by molar-refractivity contribution is -0.250. The molecule has 0 bridgehead atoms. The van der Waals surface area contributed by atoms with E-state index in [1.807, 2.05) is 12.3 Å². The molecule has 8 heteroatoms. The second-order valence-corrected chi connectivity index (χ2v) is 22.1. The van der Waals surface area contributed by atoms with E-state index >= 15 is 4.79 Å². The first-order valence-corrected chi connectivity index (χ1v) is 22.8. The number of aromatic nitrogens is 2. The molecule has 2 aromatic rings. The van der Waals surface area contributed by atoms with Crippen LogP contribution >= 0.6 is 0 Å². The first kappa shape index (κ1) is 41.3. The van der Waals surface area contributed by atoms with Crippen LogP contribution in [0.1, 0.15) is 157 Å². The summed E-state index contributed by atoms with van der Waals surface area (Å²) in [5.74, 6) is 2.25. The molecular formula is C50H71N3O5. The molecule has 1 saturated heterocycles. The highest BCUT2D eigenvalue weighted by Crippen LogP contribution is 2.78. The van der Waals surface area contributed by atoms with Crippen molar-refractivity contribution >= 4 is 17.8 Å². The number of nitrogens with zero attached hydrogens (tertiary/aromatic N) is 2. The Morgan fingerprint density at radius 1 is 0.914 bits per heavy atom. The SMILES string of the molecule is C=C(C)[C@@H]1CC[C@]2(C(=O)N3CCC[C@H]3c3ncc(-c4ccccc4)[nH]3)CC[C@]3(C)[C@H](CC[C@@H]4[C@@]5(C)CC[C@H](OC(=O)CCC(C)(C)C(=O)O)C(C)(C)[C@@H]5CC[C@]43C)[C@@H]12. The maximum absolute atomic E-state index is 15.5. The van der Waals surface area contributed by atoms with E-state index in [0.29, 0.717) is 35.5 Å². The van der Waals surface area contributed by atoms with Crippen molar-refractivity contribution in [2.75, 3.05) is 6.54 Å². The summed E-state index contributed by atoms with van der Waals surface area (Å²) < 4.78 is 6.28. The molecule has 11 atom stereocenters. The zero-order valence-corrected chi connectivity index (χ0v) is 36.8. The lowest BCUT2D eigenvalue weighted by Gasteiger charge is -2.73. The van der Waals surface area contributed by atoms with Crippen LogP contribution in [0.15, 0.2) is 48.7 Å². The predicted molar refractivity (Wildman–Crippen MR) is 227 cm³/mol. The molecule has 5 aliphatic carbocycles. The summed E-state index contributed by atoms with van der Waals surface area (Å²) in [6, 6.07) is 10.3. The zero-order valence-electron chi connectivity index (χ0n) is 36.8. The number of carbonyl (C=O) groups excluding carboxylic acids is 2. The first-order valence-electron chi connectivity index (χ1n) is 22.8. The lowest BCUT2D eigenvalue weighted by Crippen LogP contribution is -2.67. The number of aromatic amines is 1. The molecule has 5 saturated carbocycles. The van der Waals surface area contributed by atoms with Gasteiger partial charge in [-0.3, -0.25) is 14.4 Å². The fourth-order valence-electron chi connectivity index (χ4n) is 15.3. The highest BCUT2D eigenvalue weighted by molar-refractivity contribution is 5.85. The highest BCUT2D eigenvalue weighted by Gasteiger charge is 2.72. The molecule has 2 heterocycles. The van der Waals surface area contributed by atoms with Gasteiger partial charge < -0.3 is 19.7 Å². The largest absolute Gasteiger partial charge is 0.481 e. The summed E-state index contributed by atoms with van der Waals surface area (Å²) in [5.41, 5.74) is 2.24. The van der Waals surface area contributed by atoms with Crippen LogP contribution in [0.2, 0.25) is 0 Å². The quantitative estimate of drug-likeness (QED) is 0.193. The van der Waals surface area contributed by atoms with Gasteiger partial charge in [0.25, 0.3) is 0 Å². The molecule has 8 nitrogen and oxygen atoms in total. The number of ether oxygens (including phenoxy) is 1. The summed E-state index contributed by atoms with van der Waals surface area (Å²) in [6.07, 6.45) is 14.7. The van der Waals surface area contributed by atoms with Crippen molar-refractivity contribution in [3.8, 4) is 11.3 Å². The van der Waals surface area contributed by atoms with Crippen LogP contribution in [0.4, 0.5) is 0 Å². The predicted octanol–water partition coefficient (Wildman–Crippen LogP) is 11.2. The first-order chi connectivity index (χ1) is 27.3. The number of esters is 1. The van der Waals surface area contributed by atoms with Gasteiger partial charge in [0.1, 0.15) is 11.9 Å². The van der Waals surface area contributed by atoms with Crippen LogP contribution < -0.4 is 0 Å². The molecule has 1 aromatic carbocycles. The Bertz CT molecular complexity index is 1930. The van der Waals surface area contributed by atoms with E-state index < -0.39 is 11.4 Å². The summed E-state index contributed by atoms with van der Waals surface area (Å²) >= 11 is 0. The van der Waals surface area contributed by atoms with E-state index in [0.717, 1.165) is 94.3 Å². The number of allylic oxidation sites excluding steroid dienone is 1. The molecule has 6 fully saturated rings. The number of aliphatic carboxylic acids is 1. The Kier molecular flexibility index (Phi) is 10.2. The molecule has 0 radical (unpaired) electrons. The Morgan fingerprint density at radius 2 is 1.66 bits per heavy atom. The van der Waals surface area contributed by atoms with Crippen molar-refractivity contribution < 1.29 is 24.2 Å². The Morgan fingerprint density at radius 3 is 2.36 bits per heavy atom. The second-order valence-electron chi connectivity index (χ2n) is 22.1. The fourth-order valence-corrected chi connectivity index (χ4v) is 15.3. The van der Waals surface area contributed by atoms with E-state index in [9.17, 15) is 14.7 Å². The number of hydrogen-bond acceptors (Lipinski definition) is 5. The van der Waals surface area contributed by atoms with Crippen LogP contribution in [-0.2, 0) is 19.1 Å². The number of imidazole rings is 1. The number of hydrogen-bond donors (Lipinski definition) is 2. The number of carboxylic acids is 1. The molecule has 58 heavy (non-hydrogen) atoms. The number of nitrogens with one attached hydrogen (secondary N) is 1. The van der Waals surface area contributed by atoms with Gasteiger partial charge in [0.15, 0.2) is 0 Å². The van der Waals surface area contributed by atoms with Gasteiger partial charge in [-0.2, -0.15) is 0 Å². The van der Waals surface area contributed by atoms with E-state index in [4.69, 9.17) is 9.72 Å². The van der Waals surface area contributed by atoms with Crippen LogP contribution in [0.5, 0.6) is 0 Å². The molecule has 1 aromatic heterocycles. The van der Waals surface area contributed by atoms with Crippen LogP contribution in [0.25, 0.3) is 11.3 Å². The normalized spacial score (nSPS) is 39.2. The lowest BCUT2D eigenvalue weighted by atomic mass is 9.32. The summed E-state index contributed by atoms with van der Waals surface area (Å²) in [6.45, 7) is 23.5. The zero-order chi connectivity index (χ0) is 41.6. The topological polar surface area (TPSA) is 113 Å². The van der Waals surface area contributed by atoms with Crippen LogP contribution in [0.3, 0.4) is 0 Å². The summed E-state index contributed by atoms with van der Waals surface area (Å²) in [5, 5.41) is 9.59. The summed E-state index contributed by atoms with van der Waals surface area (Å²) in [4.78, 5) is 51.2. The fraction of sp³-hybridized carbons (Fsp3) is 0.720. The third-order valence-corrected chi connectivity index (χ3v) is 18.7. The number of amides is 1. The monoisotopic (exact) mass is 794 g/mol. The number of carboxylic acid groups (broad SMARTS) is 1. The van der Waals surface area contributed by atoms with E-state index in [2.05, 4.69) is 82.3 Å². The van der Waals surface area contributed by atoms with Gasteiger partial charge >= 0.3 is 11.9 Å². The van der Waals surface area contributed by atoms with Crippen LogP contribution in [0, 0.1) is 62.1 Å². The third kappa shape index (κ3) is 6.17. The second kappa shape index (κ2) is 14.4. The Labute approximate surface area is 347 Å². The van der Waals surface area contributed by atoms with Gasteiger partial charge in [-0.25, -0.2) is 4.98 Å². The highest BCUT2D eigenvalue weighted by atomic mass is 16.5. The number of H-pyrrole nitrogens is 1. The number of carbonyl (C=O) groups is 3. The number of likely N-dealkylation sites (tertiary alicyclic amines) is 1. The van der Waals surface area contributed by atoms with E-state index in [-0.39, 0.29) is 58.0 Å². The van der Waals surface area contributed by atoms with Gasteiger partial charge in [-0.05, 0) is 156 Å². The average molecular weight is 794 g/mol. The van der Waals surface area contributed by atoms with Crippen molar-refractivity contribution in [2.45, 2.75) is 157 Å². The van der Waals surface area contributed by atoms with E-state index in [1.165, 1.54) is 12.0 Å². The molecule has 1 aliphatic heterocycles. The molecule has 6 aliphatic rings. The smallest absolute Gasteiger partial charge is 0.309 e. The van der Waals surface area contributed by atoms with Gasteiger partial charge in [0, 0.05) is 18.4 Å². The average Bonchev–Trinajstić information content (AvgIpc) is 3.95. The van der Waals surface area contributed by atoms with Crippen molar-refractivity contribution in [3.63, 3.8) is 0 Å². The Balaban J connectivity index is 1.04. The van der Waals surface area contributed by atoms with Crippen molar-refractivity contribution in [2.24, 2.45) is 62.1 Å². The minimum Gasteiger partial charge on any atom is -0.481 e. The number of fused-ring (bicyclic) bond motifs is 7. The van der Waals surface area contributed by atoms with E-state index in [1.54, 1.807) is 13.8 Å². The Hall–Kier alpha value is -3.42. The van der Waals surface area contributed by atoms with Gasteiger partial charge in [0.2, 0.25) is 5.91 Å². The van der Waals surface area contributed by atoms with Gasteiger partial charge in [-0.15, -0.1) is 0 Å². The molecule has 0 spiro atoms. The maximum Gasteiger partial charge on any atom is 0.309 e. The number of benzene rings is 1. The number of rotatable bonds is 9. The van der Waals surface area contributed by atoms with Crippen molar-refractivity contribution in [1.82, 2.24) is 14.9 Å². The minimum atomic E-state index is -0.957. The molecule has 316 valence electrons. The van der Waals surface area contributed by atoms with Gasteiger partial charge in [-0.1, -0.05) is 77.1 Å². The standard InChI is InChI=1S/C50H71N3O5/c1-31(2)33-19-26-50(43(55)53-29-13-16-36(53)42-51-30-35(52-42)32-14-11-10-12-15-32)28-27-48(8)34(41(33)50)17-18-38-47(7)24-21-39(46(5,6)37(47)20-25-49(38,48)9)58-40(54)22-23-45(3,4)44(56)57/h10-12,14-15,30,33-34,36-39,41H,1,13,16-29H2,2-9H3,(H,51,52)(H,56,57)/t33-,34+,36-,37-,38+,39-,41+,47-,48+,49+,50-/m0/s1. The summed E-state index contributed by atoms with van der Waals surface area (Å²) in [7, 11) is 0. The molecule has 2 N–H and O–H groups in total. The van der Waals surface area contributed by atoms with Gasteiger partial charge in [0.05, 0.1) is 28.8 Å². The molecule has 1 amide bonds. The van der Waals surface area contributed by atoms with Crippen molar-refractivity contribution in [3.05, 3.63) is 54.5 Å². The molecule has 0 unspecified atom stereocenters. The maximum atomic E-state index is 15.5. The van der Waals surface area contributed by atoms with Crippen LogP contribution in [-0.4, -0.2) is 50.5 Å². The molecular weight excluding hydrogens is 723 g/mol. The minimum absolute atomic E-state index is 0.0185. The molecule has 8 rings (SSSR count).